The van der Waals surface area contributed by atoms with E-state index in [9.17, 15) is 4.79 Å². The zero-order chi connectivity index (χ0) is 17.0. The van der Waals surface area contributed by atoms with E-state index in [0.29, 0.717) is 23.2 Å². The smallest absolute Gasteiger partial charge is 0.354 e. The standard InChI is InChI=1S/C19H26BNO2/c1-12-7-15-13(9-16(21-15)17(22)23-6)8-14(12)20-10-18(2,3)19(4,5)11-20/h7-9,21H,10-11H2,1-6H3. The molecule has 1 aromatic carbocycles. The Morgan fingerprint density at radius 1 is 1.13 bits per heavy atom. The van der Waals surface area contributed by atoms with Gasteiger partial charge in [0, 0.05) is 5.52 Å². The van der Waals surface area contributed by atoms with Crippen molar-refractivity contribution < 1.29 is 9.53 Å². The van der Waals surface area contributed by atoms with Crippen LogP contribution in [0.25, 0.3) is 10.9 Å². The number of carbonyl (C=O) groups excluding carboxylic acids is 1. The zero-order valence-electron chi connectivity index (χ0n) is 15.0. The second-order valence-corrected chi connectivity index (χ2v) is 8.34. The highest BCUT2D eigenvalue weighted by Gasteiger charge is 2.48. The van der Waals surface area contributed by atoms with Crippen molar-refractivity contribution in [1.29, 1.82) is 0 Å². The SMILES string of the molecule is COC(=O)c1cc2cc(B3CC(C)(C)C(C)(C)C3)c(C)cc2[nH]1. The lowest BCUT2D eigenvalue weighted by Crippen LogP contribution is -2.30. The van der Waals surface area contributed by atoms with Crippen LogP contribution in [0.15, 0.2) is 18.2 Å². The van der Waals surface area contributed by atoms with Crippen molar-refractivity contribution in [1.82, 2.24) is 4.98 Å². The Bertz CT molecular complexity index is 757. The van der Waals surface area contributed by atoms with E-state index < -0.39 is 0 Å². The minimum atomic E-state index is -0.316. The molecule has 0 amide bonds. The Balaban J connectivity index is 2.02. The number of fused-ring (bicyclic) bond motifs is 1. The minimum Gasteiger partial charge on any atom is -0.464 e. The highest BCUT2D eigenvalue weighted by molar-refractivity contribution is 6.74. The van der Waals surface area contributed by atoms with Gasteiger partial charge >= 0.3 is 5.97 Å². The van der Waals surface area contributed by atoms with Crippen molar-refractivity contribution in [3.8, 4) is 0 Å². The summed E-state index contributed by atoms with van der Waals surface area (Å²) in [5.74, 6) is -0.316. The summed E-state index contributed by atoms with van der Waals surface area (Å²) in [4.78, 5) is 14.9. The summed E-state index contributed by atoms with van der Waals surface area (Å²) >= 11 is 0. The fraction of sp³-hybridized carbons (Fsp3) is 0.526. The monoisotopic (exact) mass is 311 g/mol. The third-order valence-electron chi connectivity index (χ3n) is 6.20. The molecule has 1 aliphatic rings. The second-order valence-electron chi connectivity index (χ2n) is 8.34. The first-order valence-electron chi connectivity index (χ1n) is 8.36. The van der Waals surface area contributed by atoms with Crippen LogP contribution >= 0.6 is 0 Å². The molecule has 0 atom stereocenters. The third-order valence-corrected chi connectivity index (χ3v) is 6.20. The van der Waals surface area contributed by atoms with E-state index in [1.54, 1.807) is 0 Å². The molecule has 3 nitrogen and oxygen atoms in total. The number of aromatic nitrogens is 1. The first kappa shape index (κ1) is 16.2. The van der Waals surface area contributed by atoms with Crippen molar-refractivity contribution >= 4 is 29.0 Å². The quantitative estimate of drug-likeness (QED) is 0.672. The van der Waals surface area contributed by atoms with Gasteiger partial charge in [0.15, 0.2) is 6.71 Å². The van der Waals surface area contributed by atoms with Crippen molar-refractivity contribution in [2.24, 2.45) is 10.8 Å². The molecule has 1 aliphatic heterocycles. The van der Waals surface area contributed by atoms with Gasteiger partial charge < -0.3 is 9.72 Å². The Kier molecular flexibility index (Phi) is 3.62. The topological polar surface area (TPSA) is 42.1 Å². The van der Waals surface area contributed by atoms with Gasteiger partial charge in [-0.3, -0.25) is 0 Å². The van der Waals surface area contributed by atoms with Gasteiger partial charge in [0.25, 0.3) is 0 Å². The molecular formula is C19H26BNO2. The van der Waals surface area contributed by atoms with Gasteiger partial charge in [0.2, 0.25) is 0 Å². The molecule has 0 saturated carbocycles. The van der Waals surface area contributed by atoms with E-state index in [4.69, 9.17) is 4.74 Å². The molecule has 0 bridgehead atoms. The molecule has 23 heavy (non-hydrogen) atoms. The number of benzene rings is 1. The normalized spacial score (nSPS) is 19.3. The summed E-state index contributed by atoms with van der Waals surface area (Å²) in [7, 11) is 1.41. The number of esters is 1. The number of carbonyl (C=O) groups is 1. The van der Waals surface area contributed by atoms with Crippen molar-refractivity contribution in [3.05, 3.63) is 29.5 Å². The van der Waals surface area contributed by atoms with Crippen molar-refractivity contribution in [2.45, 2.75) is 47.3 Å². The Morgan fingerprint density at radius 2 is 1.74 bits per heavy atom. The highest BCUT2D eigenvalue weighted by Crippen LogP contribution is 2.52. The molecule has 1 aromatic heterocycles. The van der Waals surface area contributed by atoms with E-state index in [-0.39, 0.29) is 5.97 Å². The molecule has 1 saturated heterocycles. The van der Waals surface area contributed by atoms with Crippen molar-refractivity contribution in [3.63, 3.8) is 0 Å². The number of nitrogens with one attached hydrogen (secondary N) is 1. The molecule has 0 spiro atoms. The van der Waals surface area contributed by atoms with Gasteiger partial charge in [-0.2, -0.15) is 0 Å². The number of ether oxygens (including phenoxy) is 1. The summed E-state index contributed by atoms with van der Waals surface area (Å²) in [6, 6.07) is 6.32. The van der Waals surface area contributed by atoms with E-state index in [1.807, 2.05) is 6.07 Å². The van der Waals surface area contributed by atoms with Crippen LogP contribution in [0.1, 0.15) is 43.7 Å². The first-order valence-corrected chi connectivity index (χ1v) is 8.36. The summed E-state index contributed by atoms with van der Waals surface area (Å²) in [5.41, 5.74) is 4.93. The number of H-pyrrole nitrogens is 1. The lowest BCUT2D eigenvalue weighted by Gasteiger charge is -2.35. The van der Waals surface area contributed by atoms with Crippen LogP contribution in [0.4, 0.5) is 0 Å². The van der Waals surface area contributed by atoms with Crippen LogP contribution in [-0.2, 0) is 4.74 Å². The molecule has 1 fully saturated rings. The largest absolute Gasteiger partial charge is 0.464 e. The summed E-state index contributed by atoms with van der Waals surface area (Å²) in [5, 5.41) is 1.09. The van der Waals surface area contributed by atoms with Gasteiger partial charge in [-0.05, 0) is 35.3 Å². The van der Waals surface area contributed by atoms with Crippen LogP contribution in [0.2, 0.25) is 12.6 Å². The number of aromatic amines is 1. The molecule has 2 heterocycles. The molecule has 0 radical (unpaired) electrons. The Hall–Kier alpha value is -1.71. The molecule has 4 heteroatoms. The van der Waals surface area contributed by atoms with Crippen LogP contribution < -0.4 is 5.46 Å². The van der Waals surface area contributed by atoms with Gasteiger partial charge in [-0.15, -0.1) is 0 Å². The van der Waals surface area contributed by atoms with Gasteiger partial charge in [-0.25, -0.2) is 4.79 Å². The Morgan fingerprint density at radius 3 is 2.30 bits per heavy atom. The maximum atomic E-state index is 11.7. The molecule has 1 N–H and O–H groups in total. The fourth-order valence-electron chi connectivity index (χ4n) is 4.04. The third kappa shape index (κ3) is 2.58. The lowest BCUT2D eigenvalue weighted by atomic mass is 9.41. The summed E-state index contributed by atoms with van der Waals surface area (Å²) < 4.78 is 4.81. The lowest BCUT2D eigenvalue weighted by molar-refractivity contribution is 0.0595. The molecule has 2 aromatic rings. The molecule has 122 valence electrons. The Labute approximate surface area is 138 Å². The highest BCUT2D eigenvalue weighted by atomic mass is 16.5. The maximum Gasteiger partial charge on any atom is 0.354 e. The number of hydrogen-bond donors (Lipinski definition) is 1. The second kappa shape index (κ2) is 5.15. The summed E-state index contributed by atoms with van der Waals surface area (Å²) in [6.07, 6.45) is 2.42. The molecular weight excluding hydrogens is 285 g/mol. The van der Waals surface area contributed by atoms with Gasteiger partial charge in [-0.1, -0.05) is 57.4 Å². The minimum absolute atomic E-state index is 0.316. The van der Waals surface area contributed by atoms with Gasteiger partial charge in [0.1, 0.15) is 5.69 Å². The number of hydrogen-bond acceptors (Lipinski definition) is 2. The fourth-order valence-corrected chi connectivity index (χ4v) is 4.04. The van der Waals surface area contributed by atoms with Crippen LogP contribution in [0.5, 0.6) is 0 Å². The molecule has 0 aliphatic carbocycles. The zero-order valence-corrected chi connectivity index (χ0v) is 15.0. The van der Waals surface area contributed by atoms with E-state index in [1.165, 1.54) is 30.8 Å². The van der Waals surface area contributed by atoms with Crippen LogP contribution in [0, 0.1) is 17.8 Å². The van der Waals surface area contributed by atoms with Crippen molar-refractivity contribution in [2.75, 3.05) is 7.11 Å². The molecule has 0 unspecified atom stereocenters. The average Bonchev–Trinajstić information content (AvgIpc) is 2.95. The number of rotatable bonds is 2. The van der Waals surface area contributed by atoms with Gasteiger partial charge in [0.05, 0.1) is 7.11 Å². The summed E-state index contributed by atoms with van der Waals surface area (Å²) in [6.45, 7) is 12.3. The number of methoxy groups -OCH3 is 1. The van der Waals surface area contributed by atoms with Crippen LogP contribution in [-0.4, -0.2) is 24.8 Å². The van der Waals surface area contributed by atoms with E-state index in [0.717, 1.165) is 10.9 Å². The maximum absolute atomic E-state index is 11.7. The van der Waals surface area contributed by atoms with E-state index in [2.05, 4.69) is 51.7 Å². The predicted octanol–water partition coefficient (Wildman–Crippen LogP) is 4.03. The van der Waals surface area contributed by atoms with E-state index >= 15 is 0 Å². The predicted molar refractivity (Wildman–Crippen MR) is 96.9 cm³/mol. The van der Waals surface area contributed by atoms with Crippen LogP contribution in [0.3, 0.4) is 0 Å². The molecule has 3 rings (SSSR count). The average molecular weight is 311 g/mol. The first-order chi connectivity index (χ1) is 10.6. The number of aryl methyl sites for hydroxylation is 1.